The number of pyridine rings is 2. The van der Waals surface area contributed by atoms with Crippen LogP contribution in [0.5, 0.6) is 5.75 Å². The molecular weight excluding hydrogens is 656 g/mol. The summed E-state index contributed by atoms with van der Waals surface area (Å²) in [4.78, 5) is 43.7. The molecular formula is C41H48N6O5. The van der Waals surface area contributed by atoms with Gasteiger partial charge in [0.1, 0.15) is 5.75 Å². The molecule has 11 heteroatoms. The number of aliphatic carboxylic acids is 1. The number of nitrogens with one attached hydrogen (secondary N) is 3. The Morgan fingerprint density at radius 1 is 0.654 bits per heavy atom. The molecule has 0 unspecified atom stereocenters. The number of ether oxygens (including phenoxy) is 1. The third-order valence-corrected chi connectivity index (χ3v) is 8.40. The van der Waals surface area contributed by atoms with E-state index in [2.05, 4.69) is 70.6 Å². The molecule has 2 aromatic carbocycles. The fourth-order valence-electron chi connectivity index (χ4n) is 5.26. The molecule has 0 aliphatic carbocycles. The highest BCUT2D eigenvalue weighted by atomic mass is 16.5. The first-order chi connectivity index (χ1) is 24.9. The molecule has 0 aliphatic rings. The van der Waals surface area contributed by atoms with Gasteiger partial charge in [0.15, 0.2) is 6.61 Å². The average molecular weight is 705 g/mol. The van der Waals surface area contributed by atoms with Gasteiger partial charge >= 0.3 is 5.97 Å². The Bertz CT molecular complexity index is 1860. The van der Waals surface area contributed by atoms with Crippen molar-refractivity contribution in [3.05, 3.63) is 131 Å². The van der Waals surface area contributed by atoms with E-state index in [1.165, 1.54) is 17.3 Å². The number of carboxylic acids is 1. The van der Waals surface area contributed by atoms with Crippen molar-refractivity contribution in [3.63, 3.8) is 0 Å². The molecule has 0 spiro atoms. The molecule has 0 saturated carbocycles. The van der Waals surface area contributed by atoms with Crippen LogP contribution in [0, 0.1) is 0 Å². The van der Waals surface area contributed by atoms with E-state index < -0.39 is 12.6 Å². The summed E-state index contributed by atoms with van der Waals surface area (Å²) in [6, 6.07) is 23.2. The van der Waals surface area contributed by atoms with Crippen LogP contribution in [0.25, 0.3) is 11.1 Å². The molecule has 5 rings (SSSR count). The summed E-state index contributed by atoms with van der Waals surface area (Å²) in [5, 5.41) is 21.2. The van der Waals surface area contributed by atoms with Gasteiger partial charge in [-0.3, -0.25) is 24.7 Å². The van der Waals surface area contributed by atoms with E-state index in [0.717, 1.165) is 27.9 Å². The second-order valence-electron chi connectivity index (χ2n) is 13.3. The van der Waals surface area contributed by atoms with E-state index in [1.807, 2.05) is 68.6 Å². The molecule has 2 atom stereocenters. The van der Waals surface area contributed by atoms with Crippen LogP contribution in [0.15, 0.2) is 97.6 Å². The lowest BCUT2D eigenvalue weighted by molar-refractivity contribution is -0.139. The van der Waals surface area contributed by atoms with Gasteiger partial charge in [-0.05, 0) is 66.1 Å². The zero-order chi connectivity index (χ0) is 37.6. The summed E-state index contributed by atoms with van der Waals surface area (Å²) in [6.07, 6.45) is 7.51. The highest BCUT2D eigenvalue weighted by molar-refractivity contribution is 5.79. The van der Waals surface area contributed by atoms with Crippen molar-refractivity contribution in [3.8, 4) is 16.9 Å². The van der Waals surface area contributed by atoms with E-state index in [4.69, 9.17) is 9.84 Å². The number of nitrogens with zero attached hydrogens (tertiary/aromatic N) is 3. The van der Waals surface area contributed by atoms with Crippen molar-refractivity contribution >= 4 is 17.8 Å². The molecule has 52 heavy (non-hydrogen) atoms. The monoisotopic (exact) mass is 704 g/mol. The van der Waals surface area contributed by atoms with Gasteiger partial charge in [0.2, 0.25) is 11.8 Å². The van der Waals surface area contributed by atoms with Gasteiger partial charge in [-0.1, -0.05) is 82.3 Å². The first-order valence-electron chi connectivity index (χ1n) is 17.4. The minimum Gasteiger partial charge on any atom is -0.480 e. The van der Waals surface area contributed by atoms with E-state index in [-0.39, 0.29) is 23.9 Å². The largest absolute Gasteiger partial charge is 0.480 e. The third kappa shape index (κ3) is 12.2. The molecule has 3 heterocycles. The predicted octanol–water partition coefficient (Wildman–Crippen LogP) is 7.10. The molecule has 0 saturated heterocycles. The molecule has 5 aromatic rings. The SMILES string of the molecule is CC(C)c1ccc(CC(=O)N[C@H](C)c2ccc(-c3cn[nH]c3)cn2)cc1.CC(C)c1ccc(CC(=O)N[C@H](C)c2ccc(OCC(=O)O)cn2)cc1. The molecule has 2 amide bonds. The summed E-state index contributed by atoms with van der Waals surface area (Å²) in [6.45, 7) is 12.0. The molecule has 3 aromatic heterocycles. The second kappa shape index (κ2) is 19.0. The molecule has 0 fully saturated rings. The van der Waals surface area contributed by atoms with Crippen LogP contribution in [-0.2, 0) is 27.2 Å². The van der Waals surface area contributed by atoms with Crippen molar-refractivity contribution < 1.29 is 24.2 Å². The molecule has 11 nitrogen and oxygen atoms in total. The lowest BCUT2D eigenvalue weighted by Gasteiger charge is -2.14. The van der Waals surface area contributed by atoms with Crippen molar-refractivity contribution in [1.29, 1.82) is 0 Å². The lowest BCUT2D eigenvalue weighted by atomic mass is 10.0. The van der Waals surface area contributed by atoms with Gasteiger partial charge in [-0.25, -0.2) is 4.79 Å². The fraction of sp³-hybridized carbons (Fsp3) is 0.317. The molecule has 272 valence electrons. The van der Waals surface area contributed by atoms with Crippen LogP contribution in [-0.4, -0.2) is 49.7 Å². The summed E-state index contributed by atoms with van der Waals surface area (Å²) in [5.74, 6) is 0.203. The van der Waals surface area contributed by atoms with Crippen LogP contribution < -0.4 is 15.4 Å². The quantitative estimate of drug-likeness (QED) is 0.0953. The zero-order valence-electron chi connectivity index (χ0n) is 30.6. The summed E-state index contributed by atoms with van der Waals surface area (Å²) in [7, 11) is 0. The van der Waals surface area contributed by atoms with Crippen molar-refractivity contribution in [2.24, 2.45) is 0 Å². The highest BCUT2D eigenvalue weighted by Crippen LogP contribution is 2.20. The molecule has 0 radical (unpaired) electrons. The zero-order valence-corrected chi connectivity index (χ0v) is 30.6. The normalized spacial score (nSPS) is 12.0. The molecule has 0 aliphatic heterocycles. The van der Waals surface area contributed by atoms with E-state index in [9.17, 15) is 14.4 Å². The van der Waals surface area contributed by atoms with Crippen LogP contribution in [0.2, 0.25) is 0 Å². The second-order valence-corrected chi connectivity index (χ2v) is 13.3. The van der Waals surface area contributed by atoms with Crippen molar-refractivity contribution in [2.75, 3.05) is 6.61 Å². The third-order valence-electron chi connectivity index (χ3n) is 8.40. The van der Waals surface area contributed by atoms with Gasteiger partial charge in [-0.2, -0.15) is 5.10 Å². The number of hydrogen-bond donors (Lipinski definition) is 4. The number of carboxylic acid groups (broad SMARTS) is 1. The first kappa shape index (κ1) is 39.0. The summed E-state index contributed by atoms with van der Waals surface area (Å²) >= 11 is 0. The maximum Gasteiger partial charge on any atom is 0.341 e. The fourth-order valence-corrected chi connectivity index (χ4v) is 5.26. The van der Waals surface area contributed by atoms with Crippen LogP contribution in [0.3, 0.4) is 0 Å². The van der Waals surface area contributed by atoms with E-state index >= 15 is 0 Å². The first-order valence-corrected chi connectivity index (χ1v) is 17.4. The van der Waals surface area contributed by atoms with Crippen LogP contribution in [0.1, 0.15) is 99.1 Å². The summed E-state index contributed by atoms with van der Waals surface area (Å²) < 4.78 is 5.04. The van der Waals surface area contributed by atoms with Crippen molar-refractivity contribution in [2.45, 2.75) is 78.3 Å². The van der Waals surface area contributed by atoms with Gasteiger partial charge in [-0.15, -0.1) is 0 Å². The Morgan fingerprint density at radius 2 is 1.15 bits per heavy atom. The number of benzene rings is 2. The number of rotatable bonds is 14. The standard InChI is InChI=1S/C21H24N4O.C20H24N2O4/c1-14(2)17-6-4-16(5-7-17)10-21(26)25-15(3)20-9-8-18(11-22-20)19-12-23-24-13-19;1-13(2)16-6-4-15(5-7-16)10-19(23)22-14(3)18-9-8-17(11-21-18)26-12-20(24)25/h4-9,11-15H,10H2,1-3H3,(H,23,24)(H,25,26);4-9,11,13-14H,10,12H2,1-3H3,(H,22,23)(H,24,25)/t15-;14-/m11/s1. The Balaban J connectivity index is 0.000000233. The topological polar surface area (TPSA) is 159 Å². The maximum absolute atomic E-state index is 12.3. The highest BCUT2D eigenvalue weighted by Gasteiger charge is 2.14. The van der Waals surface area contributed by atoms with Gasteiger partial charge in [0, 0.05) is 23.5 Å². The number of carbonyl (C=O) groups is 3. The van der Waals surface area contributed by atoms with Crippen LogP contribution >= 0.6 is 0 Å². The number of hydrogen-bond acceptors (Lipinski definition) is 7. The number of aromatic nitrogens is 4. The van der Waals surface area contributed by atoms with Gasteiger partial charge < -0.3 is 20.5 Å². The number of carbonyl (C=O) groups excluding carboxylic acids is 2. The van der Waals surface area contributed by atoms with Crippen LogP contribution in [0.4, 0.5) is 0 Å². The number of amides is 2. The van der Waals surface area contributed by atoms with Crippen molar-refractivity contribution in [1.82, 2.24) is 30.8 Å². The molecule has 4 N–H and O–H groups in total. The Hall–Kier alpha value is -5.84. The predicted molar refractivity (Wildman–Crippen MR) is 201 cm³/mol. The minimum atomic E-state index is -1.05. The lowest BCUT2D eigenvalue weighted by Crippen LogP contribution is -2.28. The minimum absolute atomic E-state index is 0.00416. The number of H-pyrrole nitrogens is 1. The smallest absolute Gasteiger partial charge is 0.341 e. The number of aromatic amines is 1. The van der Waals surface area contributed by atoms with Gasteiger partial charge in [0.05, 0.1) is 48.7 Å². The van der Waals surface area contributed by atoms with E-state index in [1.54, 1.807) is 24.5 Å². The summed E-state index contributed by atoms with van der Waals surface area (Å²) in [5.41, 5.74) is 8.00. The maximum atomic E-state index is 12.3. The Morgan fingerprint density at radius 3 is 1.54 bits per heavy atom. The average Bonchev–Trinajstić information content (AvgIpc) is 3.67. The Labute approximate surface area is 305 Å². The van der Waals surface area contributed by atoms with E-state index in [0.29, 0.717) is 36.1 Å². The Kier molecular flexibility index (Phi) is 14.2. The molecule has 0 bridgehead atoms. The van der Waals surface area contributed by atoms with Gasteiger partial charge in [0.25, 0.3) is 0 Å².